The molecule has 21 heavy (non-hydrogen) atoms. The van der Waals surface area contributed by atoms with Crippen molar-refractivity contribution in [1.29, 1.82) is 0 Å². The molecule has 0 atom stereocenters. The number of ether oxygens (including phenoxy) is 1. The highest BCUT2D eigenvalue weighted by molar-refractivity contribution is 5.99. The maximum atomic E-state index is 12.4. The number of fused-ring (bicyclic) bond motifs is 1. The van der Waals surface area contributed by atoms with Crippen LogP contribution in [0.4, 0.5) is 11.4 Å². The van der Waals surface area contributed by atoms with Crippen LogP contribution in [-0.4, -0.2) is 38.1 Å². The predicted octanol–water partition coefficient (Wildman–Crippen LogP) is 2.20. The van der Waals surface area contributed by atoms with Crippen LogP contribution >= 0.6 is 0 Å². The smallest absolute Gasteiger partial charge is 0.306 e. The molecule has 1 amide bonds. The Bertz CT molecular complexity index is 528. The van der Waals surface area contributed by atoms with Crippen molar-refractivity contribution < 1.29 is 14.3 Å². The Hall–Kier alpha value is -2.04. The molecule has 1 aromatic carbocycles. The fourth-order valence-electron chi connectivity index (χ4n) is 2.63. The number of amides is 1. The molecule has 1 aliphatic heterocycles. The minimum atomic E-state index is -0.350. The number of para-hydroxylation sites is 2. The largest absolute Gasteiger partial charge is 0.469 e. The second-order valence-electron chi connectivity index (χ2n) is 5.40. The summed E-state index contributed by atoms with van der Waals surface area (Å²) in [5.74, 6) is -0.381. The van der Waals surface area contributed by atoms with Gasteiger partial charge in [0.1, 0.15) is 0 Å². The number of hydrogen-bond acceptors (Lipinski definition) is 4. The summed E-state index contributed by atoms with van der Waals surface area (Å²) in [7, 11) is 1.34. The van der Waals surface area contributed by atoms with Crippen LogP contribution in [0.15, 0.2) is 24.3 Å². The average molecular weight is 290 g/mol. The van der Waals surface area contributed by atoms with Crippen molar-refractivity contribution in [2.75, 3.05) is 30.0 Å². The molecule has 114 valence electrons. The molecule has 0 saturated carbocycles. The SMILES string of the molecule is COC(=O)CCC(=O)N1CCN(C(C)C)c2ccccc21. The first-order valence-corrected chi connectivity index (χ1v) is 7.27. The van der Waals surface area contributed by atoms with Crippen LogP contribution in [0.25, 0.3) is 0 Å². The zero-order valence-electron chi connectivity index (χ0n) is 12.8. The second-order valence-corrected chi connectivity index (χ2v) is 5.40. The Morgan fingerprint density at radius 1 is 1.14 bits per heavy atom. The van der Waals surface area contributed by atoms with E-state index in [0.29, 0.717) is 12.6 Å². The number of carbonyl (C=O) groups is 2. The lowest BCUT2D eigenvalue weighted by molar-refractivity contribution is -0.141. The average Bonchev–Trinajstić information content (AvgIpc) is 2.50. The van der Waals surface area contributed by atoms with Crippen LogP contribution in [0.5, 0.6) is 0 Å². The monoisotopic (exact) mass is 290 g/mol. The summed E-state index contributed by atoms with van der Waals surface area (Å²) in [5.41, 5.74) is 2.00. The van der Waals surface area contributed by atoms with E-state index in [2.05, 4.69) is 23.5 Å². The van der Waals surface area contributed by atoms with Crippen LogP contribution in [0.2, 0.25) is 0 Å². The van der Waals surface area contributed by atoms with Gasteiger partial charge in [0.25, 0.3) is 0 Å². The summed E-state index contributed by atoms with van der Waals surface area (Å²) in [6.45, 7) is 5.74. The summed E-state index contributed by atoms with van der Waals surface area (Å²) in [5, 5.41) is 0. The maximum Gasteiger partial charge on any atom is 0.306 e. The fourth-order valence-corrected chi connectivity index (χ4v) is 2.63. The molecule has 1 aliphatic rings. The quantitative estimate of drug-likeness (QED) is 0.798. The molecule has 0 radical (unpaired) electrons. The van der Waals surface area contributed by atoms with E-state index in [1.165, 1.54) is 7.11 Å². The molecule has 0 aromatic heterocycles. The normalized spacial score (nSPS) is 14.1. The summed E-state index contributed by atoms with van der Waals surface area (Å²) in [4.78, 5) is 27.6. The van der Waals surface area contributed by atoms with Crippen LogP contribution in [-0.2, 0) is 14.3 Å². The molecular weight excluding hydrogens is 268 g/mol. The van der Waals surface area contributed by atoms with Crippen molar-refractivity contribution in [3.63, 3.8) is 0 Å². The molecule has 1 heterocycles. The number of benzene rings is 1. The van der Waals surface area contributed by atoms with Crippen molar-refractivity contribution in [3.8, 4) is 0 Å². The highest BCUT2D eigenvalue weighted by Gasteiger charge is 2.27. The van der Waals surface area contributed by atoms with Crippen molar-refractivity contribution >= 4 is 23.3 Å². The minimum Gasteiger partial charge on any atom is -0.469 e. The lowest BCUT2D eigenvalue weighted by atomic mass is 10.1. The van der Waals surface area contributed by atoms with Gasteiger partial charge in [0.05, 0.1) is 24.9 Å². The van der Waals surface area contributed by atoms with Crippen LogP contribution in [0.3, 0.4) is 0 Å². The zero-order valence-corrected chi connectivity index (χ0v) is 12.8. The number of anilines is 2. The topological polar surface area (TPSA) is 49.9 Å². The van der Waals surface area contributed by atoms with Gasteiger partial charge < -0.3 is 14.5 Å². The van der Waals surface area contributed by atoms with Crippen LogP contribution < -0.4 is 9.80 Å². The van der Waals surface area contributed by atoms with E-state index in [0.717, 1.165) is 17.9 Å². The third-order valence-corrected chi connectivity index (χ3v) is 3.74. The molecule has 0 saturated heterocycles. The van der Waals surface area contributed by atoms with Gasteiger partial charge in [-0.05, 0) is 26.0 Å². The number of nitrogens with zero attached hydrogens (tertiary/aromatic N) is 2. The van der Waals surface area contributed by atoms with Crippen molar-refractivity contribution in [3.05, 3.63) is 24.3 Å². The van der Waals surface area contributed by atoms with Gasteiger partial charge in [0.15, 0.2) is 0 Å². The first-order chi connectivity index (χ1) is 10.0. The molecular formula is C16H22N2O3. The van der Waals surface area contributed by atoms with E-state index in [4.69, 9.17) is 0 Å². The first kappa shape index (κ1) is 15.4. The van der Waals surface area contributed by atoms with Gasteiger partial charge in [-0.3, -0.25) is 9.59 Å². The number of carbonyl (C=O) groups excluding carboxylic acids is 2. The minimum absolute atomic E-state index is 0.0312. The summed E-state index contributed by atoms with van der Waals surface area (Å²) in [6, 6.07) is 8.30. The van der Waals surface area contributed by atoms with Gasteiger partial charge in [-0.1, -0.05) is 12.1 Å². The van der Waals surface area contributed by atoms with Gasteiger partial charge in [0.2, 0.25) is 5.91 Å². The molecule has 0 bridgehead atoms. The summed E-state index contributed by atoms with van der Waals surface area (Å²) >= 11 is 0. The van der Waals surface area contributed by atoms with E-state index >= 15 is 0 Å². The molecule has 1 aromatic rings. The molecule has 5 nitrogen and oxygen atoms in total. The Labute approximate surface area is 125 Å². The molecule has 5 heteroatoms. The lowest BCUT2D eigenvalue weighted by Crippen LogP contribution is -2.46. The Morgan fingerprint density at radius 2 is 1.81 bits per heavy atom. The highest BCUT2D eigenvalue weighted by atomic mass is 16.5. The van der Waals surface area contributed by atoms with Crippen molar-refractivity contribution in [2.45, 2.75) is 32.7 Å². The van der Waals surface area contributed by atoms with E-state index in [1.807, 2.05) is 24.3 Å². The third kappa shape index (κ3) is 3.35. The first-order valence-electron chi connectivity index (χ1n) is 7.27. The standard InChI is InChI=1S/C16H22N2O3/c1-12(2)17-10-11-18(14-7-5-4-6-13(14)17)15(19)8-9-16(20)21-3/h4-7,12H,8-11H2,1-3H3. The molecule has 0 unspecified atom stereocenters. The fraction of sp³-hybridized carbons (Fsp3) is 0.500. The molecule has 0 fully saturated rings. The number of methoxy groups -OCH3 is 1. The van der Waals surface area contributed by atoms with E-state index in [9.17, 15) is 9.59 Å². The number of rotatable bonds is 4. The summed E-state index contributed by atoms with van der Waals surface area (Å²) < 4.78 is 4.59. The van der Waals surface area contributed by atoms with Gasteiger partial charge in [-0.15, -0.1) is 0 Å². The zero-order chi connectivity index (χ0) is 15.4. The van der Waals surface area contributed by atoms with Crippen LogP contribution in [0, 0.1) is 0 Å². The Morgan fingerprint density at radius 3 is 2.43 bits per heavy atom. The van der Waals surface area contributed by atoms with E-state index in [1.54, 1.807) is 4.90 Å². The molecule has 0 N–H and O–H groups in total. The van der Waals surface area contributed by atoms with Crippen molar-refractivity contribution in [1.82, 2.24) is 0 Å². The Balaban J connectivity index is 2.17. The predicted molar refractivity (Wildman–Crippen MR) is 82.5 cm³/mol. The number of hydrogen-bond donors (Lipinski definition) is 0. The molecule has 0 spiro atoms. The van der Waals surface area contributed by atoms with Gasteiger partial charge in [0, 0.05) is 25.6 Å². The van der Waals surface area contributed by atoms with Crippen molar-refractivity contribution in [2.24, 2.45) is 0 Å². The molecule has 0 aliphatic carbocycles. The van der Waals surface area contributed by atoms with Crippen LogP contribution in [0.1, 0.15) is 26.7 Å². The van der Waals surface area contributed by atoms with Gasteiger partial charge >= 0.3 is 5.97 Å². The van der Waals surface area contributed by atoms with E-state index in [-0.39, 0.29) is 24.7 Å². The maximum absolute atomic E-state index is 12.4. The van der Waals surface area contributed by atoms with Gasteiger partial charge in [-0.2, -0.15) is 0 Å². The number of esters is 1. The molecule has 2 rings (SSSR count). The van der Waals surface area contributed by atoms with Gasteiger partial charge in [-0.25, -0.2) is 0 Å². The Kier molecular flexibility index (Phi) is 4.83. The van der Waals surface area contributed by atoms with E-state index < -0.39 is 0 Å². The highest BCUT2D eigenvalue weighted by Crippen LogP contribution is 2.34. The second kappa shape index (κ2) is 6.61. The lowest BCUT2D eigenvalue weighted by Gasteiger charge is -2.40. The third-order valence-electron chi connectivity index (χ3n) is 3.74. The summed E-state index contributed by atoms with van der Waals surface area (Å²) in [6.07, 6.45) is 0.310.